The quantitative estimate of drug-likeness (QED) is 0.356. The highest BCUT2D eigenvalue weighted by atomic mass is 16.7. The maximum Gasteiger partial charge on any atom is 0.308 e. The fourth-order valence-electron chi connectivity index (χ4n) is 5.69. The molecule has 0 spiro atoms. The summed E-state index contributed by atoms with van der Waals surface area (Å²) in [6, 6.07) is 6.88. The minimum absolute atomic E-state index is 0.0663. The van der Waals surface area contributed by atoms with Gasteiger partial charge in [-0.15, -0.1) is 0 Å². The summed E-state index contributed by atoms with van der Waals surface area (Å²) >= 11 is 0. The van der Waals surface area contributed by atoms with E-state index in [1.54, 1.807) is 29.6 Å². The van der Waals surface area contributed by atoms with Gasteiger partial charge >= 0.3 is 5.97 Å². The number of carboxylic acid groups (broad SMARTS) is 1. The van der Waals surface area contributed by atoms with Crippen molar-refractivity contribution in [2.75, 3.05) is 38.4 Å². The van der Waals surface area contributed by atoms with Crippen LogP contribution in [0.1, 0.15) is 43.6 Å². The number of carbonyl (C=O) groups is 2. The van der Waals surface area contributed by atoms with Gasteiger partial charge in [0.2, 0.25) is 18.4 Å². The van der Waals surface area contributed by atoms with Gasteiger partial charge in [-0.25, -0.2) is 4.98 Å². The van der Waals surface area contributed by atoms with Gasteiger partial charge in [0.1, 0.15) is 6.26 Å². The highest BCUT2D eigenvalue weighted by Crippen LogP contribution is 2.47. The van der Waals surface area contributed by atoms with Gasteiger partial charge in [0.15, 0.2) is 17.4 Å². The summed E-state index contributed by atoms with van der Waals surface area (Å²) in [4.78, 5) is 38.7. The zero-order valence-electron chi connectivity index (χ0n) is 22.7. The Kier molecular flexibility index (Phi) is 8.49. The number of carboxylic acids is 1. The predicted molar refractivity (Wildman–Crippen MR) is 145 cm³/mol. The summed E-state index contributed by atoms with van der Waals surface area (Å²) in [5.74, 6) is -0.176. The molecule has 4 heterocycles. The van der Waals surface area contributed by atoms with E-state index in [0.717, 1.165) is 24.1 Å². The second-order valence-electron chi connectivity index (χ2n) is 10.00. The number of hydrogen-bond donors (Lipinski definition) is 1. The molecular weight excluding hydrogens is 516 g/mol. The number of aliphatic carboxylic acids is 1. The first-order chi connectivity index (χ1) is 19.5. The molecule has 1 N–H and O–H groups in total. The van der Waals surface area contributed by atoms with Gasteiger partial charge in [-0.05, 0) is 42.7 Å². The lowest BCUT2D eigenvalue weighted by atomic mass is 9.83. The number of ether oxygens (including phenoxy) is 3. The Hall–Kier alpha value is -4.12. The van der Waals surface area contributed by atoms with E-state index in [9.17, 15) is 14.7 Å². The average molecular weight is 551 g/mol. The van der Waals surface area contributed by atoms with Gasteiger partial charge in [0.05, 0.1) is 37.7 Å². The van der Waals surface area contributed by atoms with E-state index in [4.69, 9.17) is 18.6 Å². The second kappa shape index (κ2) is 12.4. The van der Waals surface area contributed by atoms with Crippen molar-refractivity contribution in [2.24, 2.45) is 5.92 Å². The molecule has 2 aliphatic heterocycles. The molecule has 3 atom stereocenters. The molecule has 3 aromatic rings. The fraction of sp³-hybridized carbons (Fsp3) is 0.448. The lowest BCUT2D eigenvalue weighted by Crippen LogP contribution is -2.44. The molecule has 40 heavy (non-hydrogen) atoms. The van der Waals surface area contributed by atoms with Gasteiger partial charge in [-0.1, -0.05) is 13.3 Å². The molecule has 1 amide bonds. The highest BCUT2D eigenvalue weighted by molar-refractivity contribution is 5.94. The third-order valence-corrected chi connectivity index (χ3v) is 7.61. The van der Waals surface area contributed by atoms with Crippen molar-refractivity contribution in [3.63, 3.8) is 0 Å². The van der Waals surface area contributed by atoms with Crippen molar-refractivity contribution in [3.8, 4) is 17.2 Å². The summed E-state index contributed by atoms with van der Waals surface area (Å²) in [7, 11) is 1.54. The van der Waals surface area contributed by atoms with E-state index in [2.05, 4.69) is 16.9 Å². The largest absolute Gasteiger partial charge is 0.493 e. The number of pyridine rings is 1. The van der Waals surface area contributed by atoms with Crippen LogP contribution in [0.5, 0.6) is 17.2 Å². The van der Waals surface area contributed by atoms with E-state index in [-0.39, 0.29) is 19.2 Å². The van der Waals surface area contributed by atoms with Crippen LogP contribution in [-0.2, 0) is 16.0 Å². The van der Waals surface area contributed by atoms with E-state index < -0.39 is 23.8 Å². The number of nitrogens with zero attached hydrogens (tertiary/aromatic N) is 4. The van der Waals surface area contributed by atoms with Crippen LogP contribution < -0.4 is 19.1 Å². The number of oxazole rings is 1. The molecule has 11 heteroatoms. The zero-order valence-corrected chi connectivity index (χ0v) is 22.7. The lowest BCUT2D eigenvalue weighted by molar-refractivity contribution is -0.143. The number of methoxy groups -OCH3 is 1. The first-order valence-electron chi connectivity index (χ1n) is 13.5. The summed E-state index contributed by atoms with van der Waals surface area (Å²) in [6.45, 7) is 3.14. The number of carbonyl (C=O) groups excluding carboxylic acids is 1. The maximum atomic E-state index is 13.8. The molecule has 2 aromatic heterocycles. The molecule has 1 aromatic carbocycles. The number of rotatable bonds is 12. The Morgan fingerprint density at radius 3 is 2.83 bits per heavy atom. The summed E-state index contributed by atoms with van der Waals surface area (Å²) in [5.41, 5.74) is 1.49. The van der Waals surface area contributed by atoms with E-state index in [1.165, 1.54) is 13.4 Å². The van der Waals surface area contributed by atoms with Crippen molar-refractivity contribution >= 4 is 17.6 Å². The minimum atomic E-state index is -0.927. The Morgan fingerprint density at radius 2 is 2.12 bits per heavy atom. The zero-order chi connectivity index (χ0) is 28.1. The number of amides is 1. The van der Waals surface area contributed by atoms with Crippen molar-refractivity contribution in [1.82, 2.24) is 14.9 Å². The molecule has 1 fully saturated rings. The van der Waals surface area contributed by atoms with Crippen LogP contribution in [0.4, 0.5) is 5.69 Å². The third kappa shape index (κ3) is 5.74. The van der Waals surface area contributed by atoms with Crippen LogP contribution in [0.2, 0.25) is 0 Å². The minimum Gasteiger partial charge on any atom is -0.493 e. The van der Waals surface area contributed by atoms with Crippen molar-refractivity contribution in [3.05, 3.63) is 60.6 Å². The first kappa shape index (κ1) is 27.4. The topological polar surface area (TPSA) is 127 Å². The van der Waals surface area contributed by atoms with Gasteiger partial charge in [-0.2, -0.15) is 0 Å². The van der Waals surface area contributed by atoms with Crippen LogP contribution in [0.3, 0.4) is 0 Å². The standard InChI is InChI=1S/C29H34N4O7/c1-3-4-11-33(20-6-5-9-30-15-20)26(34)17-32-16-21(19-13-23(37-2)28-24(14-19)39-18-40-28)27(29(35)36)22(32)7-8-25-31-10-12-38-25/h5-6,9-10,12-15,21-22,27H,3-4,7-8,11,16-18H2,1-2H3,(H,35,36)/t21-,22+,27-/m1/s1. The third-order valence-electron chi connectivity index (χ3n) is 7.61. The second-order valence-corrected chi connectivity index (χ2v) is 10.00. The van der Waals surface area contributed by atoms with Crippen molar-refractivity contribution < 1.29 is 33.3 Å². The van der Waals surface area contributed by atoms with E-state index >= 15 is 0 Å². The first-order valence-corrected chi connectivity index (χ1v) is 13.5. The average Bonchev–Trinajstić information content (AvgIpc) is 3.72. The predicted octanol–water partition coefficient (Wildman–Crippen LogP) is 3.74. The Labute approximate surface area is 232 Å². The molecule has 1 saturated heterocycles. The number of hydrogen-bond acceptors (Lipinski definition) is 9. The molecule has 2 aliphatic rings. The van der Waals surface area contributed by atoms with Crippen LogP contribution in [0.15, 0.2) is 53.5 Å². The van der Waals surface area contributed by atoms with Gasteiger partial charge < -0.3 is 28.6 Å². The summed E-state index contributed by atoms with van der Waals surface area (Å²) in [5, 5.41) is 10.5. The number of likely N-dealkylation sites (tertiary alicyclic amines) is 1. The Balaban J connectivity index is 1.46. The van der Waals surface area contributed by atoms with Gasteiger partial charge in [0, 0.05) is 37.7 Å². The summed E-state index contributed by atoms with van der Waals surface area (Å²) in [6.07, 6.45) is 9.11. The van der Waals surface area contributed by atoms with Gasteiger partial charge in [-0.3, -0.25) is 19.5 Å². The monoisotopic (exact) mass is 550 g/mol. The number of benzene rings is 1. The van der Waals surface area contributed by atoms with Crippen LogP contribution in [0, 0.1) is 5.92 Å². The van der Waals surface area contributed by atoms with Crippen molar-refractivity contribution in [2.45, 2.75) is 44.6 Å². The van der Waals surface area contributed by atoms with Crippen LogP contribution in [0.25, 0.3) is 0 Å². The number of aryl methyl sites for hydroxylation is 1. The molecule has 0 aliphatic carbocycles. The molecule has 0 radical (unpaired) electrons. The molecule has 212 valence electrons. The summed E-state index contributed by atoms with van der Waals surface area (Å²) < 4.78 is 22.1. The molecule has 0 unspecified atom stereocenters. The van der Waals surface area contributed by atoms with Gasteiger partial charge in [0.25, 0.3) is 0 Å². The maximum absolute atomic E-state index is 13.8. The lowest BCUT2D eigenvalue weighted by Gasteiger charge is -2.29. The number of anilines is 1. The fourth-order valence-corrected chi connectivity index (χ4v) is 5.69. The molecular formula is C29H34N4O7. The molecule has 0 bridgehead atoms. The number of unbranched alkanes of at least 4 members (excludes halogenated alkanes) is 1. The molecule has 5 rings (SSSR count). The number of fused-ring (bicyclic) bond motifs is 1. The smallest absolute Gasteiger partial charge is 0.308 e. The Morgan fingerprint density at radius 1 is 1.25 bits per heavy atom. The van der Waals surface area contributed by atoms with Crippen LogP contribution in [-0.4, -0.2) is 71.4 Å². The SMILES string of the molecule is CCCCN(C(=O)CN1C[C@H](c2cc(OC)c3c(c2)OCO3)[C@@H](C(=O)O)[C@@H]1CCc1ncco1)c1cccnc1. The normalized spacial score (nSPS) is 20.0. The highest BCUT2D eigenvalue weighted by Gasteiger charge is 2.47. The van der Waals surface area contributed by atoms with E-state index in [1.807, 2.05) is 23.1 Å². The number of aromatic nitrogens is 2. The molecule has 11 nitrogen and oxygen atoms in total. The van der Waals surface area contributed by atoms with Crippen molar-refractivity contribution in [1.29, 1.82) is 0 Å². The molecule has 0 saturated carbocycles. The Bertz CT molecular complexity index is 1300. The van der Waals surface area contributed by atoms with Crippen LogP contribution >= 0.6 is 0 Å². The van der Waals surface area contributed by atoms with E-state index in [0.29, 0.717) is 49.1 Å².